The molecule has 0 spiro atoms. The van der Waals surface area contributed by atoms with E-state index >= 15 is 0 Å². The zero-order valence-corrected chi connectivity index (χ0v) is 17.6. The average molecular weight is 404 g/mol. The van der Waals surface area contributed by atoms with Crippen LogP contribution < -0.4 is 9.47 Å². The van der Waals surface area contributed by atoms with Gasteiger partial charge < -0.3 is 9.47 Å². The highest BCUT2D eigenvalue weighted by atomic mass is 32.2. The Balaban J connectivity index is 1.79. The van der Waals surface area contributed by atoms with Crippen LogP contribution in [0.4, 0.5) is 0 Å². The van der Waals surface area contributed by atoms with Gasteiger partial charge in [0.2, 0.25) is 0 Å². The number of nitrogens with zero attached hydrogens (tertiary/aromatic N) is 1. The number of methoxy groups -OCH3 is 1. The quantitative estimate of drug-likeness (QED) is 0.673. The first kappa shape index (κ1) is 20.7. The van der Waals surface area contributed by atoms with Crippen LogP contribution in [0.25, 0.3) is 0 Å². The minimum absolute atomic E-state index is 0.0294. The molecule has 2 aromatic carbocycles. The van der Waals surface area contributed by atoms with E-state index in [4.69, 9.17) is 9.47 Å². The topological polar surface area (TPSA) is 55.8 Å². The van der Waals surface area contributed by atoms with Gasteiger partial charge in [0.25, 0.3) is 0 Å². The summed E-state index contributed by atoms with van der Waals surface area (Å²) in [5.74, 6) is 2.16. The molecule has 152 valence electrons. The van der Waals surface area contributed by atoms with Gasteiger partial charge in [-0.1, -0.05) is 24.3 Å². The number of rotatable bonds is 8. The molecule has 3 rings (SSSR count). The summed E-state index contributed by atoms with van der Waals surface area (Å²) in [6, 6.07) is 16.0. The molecular weight excluding hydrogens is 374 g/mol. The second-order valence-corrected chi connectivity index (χ2v) is 9.85. The predicted octanol–water partition coefficient (Wildman–Crippen LogP) is 3.67. The van der Waals surface area contributed by atoms with Gasteiger partial charge in [-0.25, -0.2) is 8.42 Å². The van der Waals surface area contributed by atoms with E-state index in [1.165, 1.54) is 0 Å². The summed E-state index contributed by atoms with van der Waals surface area (Å²) in [4.78, 5) is 2.26. The van der Waals surface area contributed by atoms with E-state index in [1.807, 2.05) is 56.3 Å². The van der Waals surface area contributed by atoms with Crippen LogP contribution in [0.2, 0.25) is 0 Å². The van der Waals surface area contributed by atoms with Crippen LogP contribution in [0.5, 0.6) is 11.5 Å². The van der Waals surface area contributed by atoms with Crippen molar-refractivity contribution < 1.29 is 17.9 Å². The Morgan fingerprint density at radius 3 is 2.36 bits per heavy atom. The summed E-state index contributed by atoms with van der Waals surface area (Å²) in [6.07, 6.45) is 0.798. The van der Waals surface area contributed by atoms with Crippen molar-refractivity contribution in [3.8, 4) is 11.5 Å². The van der Waals surface area contributed by atoms with Crippen molar-refractivity contribution in [1.29, 1.82) is 0 Å². The maximum Gasteiger partial charge on any atom is 0.151 e. The Morgan fingerprint density at radius 1 is 1.04 bits per heavy atom. The van der Waals surface area contributed by atoms with E-state index in [-0.39, 0.29) is 23.7 Å². The largest absolute Gasteiger partial charge is 0.497 e. The van der Waals surface area contributed by atoms with Gasteiger partial charge in [-0.3, -0.25) is 4.90 Å². The summed E-state index contributed by atoms with van der Waals surface area (Å²) in [6.45, 7) is 5.39. The van der Waals surface area contributed by atoms with E-state index in [1.54, 1.807) is 7.11 Å². The van der Waals surface area contributed by atoms with Gasteiger partial charge in [0.05, 0.1) is 24.7 Å². The van der Waals surface area contributed by atoms with Crippen molar-refractivity contribution in [3.05, 3.63) is 59.7 Å². The van der Waals surface area contributed by atoms with Gasteiger partial charge in [0.1, 0.15) is 11.5 Å². The van der Waals surface area contributed by atoms with Crippen LogP contribution in [0.1, 0.15) is 31.4 Å². The fourth-order valence-electron chi connectivity index (χ4n) is 3.57. The molecule has 1 saturated heterocycles. The highest BCUT2D eigenvalue weighted by Gasteiger charge is 2.32. The molecule has 0 radical (unpaired) electrons. The van der Waals surface area contributed by atoms with Crippen LogP contribution in [-0.2, 0) is 22.9 Å². The van der Waals surface area contributed by atoms with Crippen LogP contribution in [-0.4, -0.2) is 44.1 Å². The molecule has 1 atom stereocenters. The Labute approximate surface area is 168 Å². The normalized spacial score (nSPS) is 18.5. The lowest BCUT2D eigenvalue weighted by atomic mass is 10.1. The van der Waals surface area contributed by atoms with E-state index in [0.717, 1.165) is 22.6 Å². The fourth-order valence-corrected chi connectivity index (χ4v) is 5.33. The molecule has 5 nitrogen and oxygen atoms in total. The van der Waals surface area contributed by atoms with Crippen LogP contribution in [0.15, 0.2) is 48.5 Å². The van der Waals surface area contributed by atoms with Crippen LogP contribution in [0.3, 0.4) is 0 Å². The molecule has 0 aromatic heterocycles. The molecule has 1 fully saturated rings. The SMILES string of the molecule is COc1ccc(CN(Cc2cccc(OC(C)C)c2)C2CCS(=O)(=O)C2)cc1. The molecule has 0 N–H and O–H groups in total. The van der Waals surface area contributed by atoms with Gasteiger partial charge in [0.15, 0.2) is 9.84 Å². The van der Waals surface area contributed by atoms with Gasteiger partial charge in [-0.15, -0.1) is 0 Å². The average Bonchev–Trinajstić information content (AvgIpc) is 3.01. The molecular formula is C22H29NO4S. The number of ether oxygens (including phenoxy) is 2. The second-order valence-electron chi connectivity index (χ2n) is 7.62. The minimum Gasteiger partial charge on any atom is -0.497 e. The maximum atomic E-state index is 12.0. The van der Waals surface area contributed by atoms with Crippen molar-refractivity contribution in [1.82, 2.24) is 4.90 Å². The summed E-state index contributed by atoms with van der Waals surface area (Å²) in [5, 5.41) is 0. The fraction of sp³-hybridized carbons (Fsp3) is 0.455. The highest BCUT2D eigenvalue weighted by molar-refractivity contribution is 7.91. The van der Waals surface area contributed by atoms with Gasteiger partial charge >= 0.3 is 0 Å². The lowest BCUT2D eigenvalue weighted by molar-refractivity contribution is 0.193. The van der Waals surface area contributed by atoms with Gasteiger partial charge in [0, 0.05) is 19.1 Å². The molecule has 28 heavy (non-hydrogen) atoms. The standard InChI is InChI=1S/C22H29NO4S/c1-17(2)27-22-6-4-5-19(13-22)15-23(20-11-12-28(24,25)16-20)14-18-7-9-21(26-3)10-8-18/h4-10,13,17,20H,11-12,14-16H2,1-3H3. The third-order valence-electron chi connectivity index (χ3n) is 4.93. The molecule has 0 bridgehead atoms. The van der Waals surface area contributed by atoms with Crippen molar-refractivity contribution >= 4 is 9.84 Å². The lowest BCUT2D eigenvalue weighted by Gasteiger charge is -2.28. The Kier molecular flexibility index (Phi) is 6.62. The third kappa shape index (κ3) is 5.72. The molecule has 0 saturated carbocycles. The molecule has 1 heterocycles. The first-order valence-electron chi connectivity index (χ1n) is 9.67. The Morgan fingerprint density at radius 2 is 1.75 bits per heavy atom. The second kappa shape index (κ2) is 8.97. The predicted molar refractivity (Wildman–Crippen MR) is 112 cm³/mol. The number of hydrogen-bond acceptors (Lipinski definition) is 5. The number of benzene rings is 2. The molecule has 2 aromatic rings. The van der Waals surface area contributed by atoms with E-state index in [9.17, 15) is 8.42 Å². The van der Waals surface area contributed by atoms with Crippen molar-refractivity contribution in [2.75, 3.05) is 18.6 Å². The summed E-state index contributed by atoms with van der Waals surface area (Å²) >= 11 is 0. The monoisotopic (exact) mass is 403 g/mol. The third-order valence-corrected chi connectivity index (χ3v) is 6.68. The van der Waals surface area contributed by atoms with Crippen molar-refractivity contribution in [2.24, 2.45) is 0 Å². The molecule has 1 aliphatic rings. The van der Waals surface area contributed by atoms with E-state index in [0.29, 0.717) is 19.5 Å². The van der Waals surface area contributed by atoms with Crippen molar-refractivity contribution in [3.63, 3.8) is 0 Å². The summed E-state index contributed by atoms with van der Waals surface area (Å²) in [7, 11) is -1.30. The zero-order chi connectivity index (χ0) is 20.1. The lowest BCUT2D eigenvalue weighted by Crippen LogP contribution is -2.35. The Bertz CT molecular complexity index is 878. The smallest absolute Gasteiger partial charge is 0.151 e. The first-order valence-corrected chi connectivity index (χ1v) is 11.5. The van der Waals surface area contributed by atoms with Crippen LogP contribution >= 0.6 is 0 Å². The van der Waals surface area contributed by atoms with Crippen LogP contribution in [0, 0.1) is 0 Å². The number of hydrogen-bond donors (Lipinski definition) is 0. The van der Waals surface area contributed by atoms with E-state index < -0.39 is 9.84 Å². The van der Waals surface area contributed by atoms with E-state index in [2.05, 4.69) is 11.0 Å². The minimum atomic E-state index is -2.95. The van der Waals surface area contributed by atoms with Gasteiger partial charge in [-0.2, -0.15) is 0 Å². The number of sulfone groups is 1. The first-order chi connectivity index (χ1) is 13.3. The van der Waals surface area contributed by atoms with Gasteiger partial charge in [-0.05, 0) is 55.7 Å². The zero-order valence-electron chi connectivity index (χ0n) is 16.8. The maximum absolute atomic E-state index is 12.0. The summed E-state index contributed by atoms with van der Waals surface area (Å²) < 4.78 is 35.1. The molecule has 0 aliphatic carbocycles. The molecule has 1 unspecified atom stereocenters. The highest BCUT2D eigenvalue weighted by Crippen LogP contribution is 2.24. The summed E-state index contributed by atoms with van der Waals surface area (Å²) in [5.41, 5.74) is 2.26. The molecule has 1 aliphatic heterocycles. The molecule has 0 amide bonds. The van der Waals surface area contributed by atoms with Crippen molar-refractivity contribution in [2.45, 2.75) is 45.5 Å². The Hall–Kier alpha value is -2.05. The molecule has 6 heteroatoms.